The first kappa shape index (κ1) is 23.9. The van der Waals surface area contributed by atoms with Gasteiger partial charge < -0.3 is 4.57 Å². The normalized spacial score (nSPS) is 11.5. The molecule has 0 bridgehead atoms. The van der Waals surface area contributed by atoms with Crippen LogP contribution in [0.5, 0.6) is 0 Å². The van der Waals surface area contributed by atoms with Crippen LogP contribution in [0, 0.1) is 13.8 Å². The standard InChI is InChI=1S/C26H25N5O3S/c1-20-16-22(21(2)31(20)23-10-5-3-6-11-23)17-28-29-26(32)19-30(24-12-9-15-27-18-24)35(33,34)25-13-7-4-8-14-25/h3-18H,19H2,1-2H3,(H,29,32)/b28-17-. The van der Waals surface area contributed by atoms with Crippen LogP contribution in [0.2, 0.25) is 0 Å². The lowest BCUT2D eigenvalue weighted by atomic mass is 10.2. The Kier molecular flexibility index (Phi) is 7.07. The molecule has 4 rings (SSSR count). The van der Waals surface area contributed by atoms with Gasteiger partial charge in [0, 0.05) is 28.8 Å². The molecule has 4 aromatic rings. The summed E-state index contributed by atoms with van der Waals surface area (Å²) in [5.41, 5.74) is 6.59. The third kappa shape index (κ3) is 5.30. The van der Waals surface area contributed by atoms with Gasteiger partial charge in [-0.05, 0) is 56.3 Å². The monoisotopic (exact) mass is 487 g/mol. The number of nitrogens with zero attached hydrogens (tertiary/aromatic N) is 4. The highest BCUT2D eigenvalue weighted by Crippen LogP contribution is 2.22. The van der Waals surface area contributed by atoms with Crippen molar-refractivity contribution in [3.05, 3.63) is 108 Å². The van der Waals surface area contributed by atoms with Gasteiger partial charge in [0.25, 0.3) is 15.9 Å². The van der Waals surface area contributed by atoms with E-state index >= 15 is 0 Å². The predicted octanol–water partition coefficient (Wildman–Crippen LogP) is 3.83. The molecule has 2 heterocycles. The fourth-order valence-electron chi connectivity index (χ4n) is 3.77. The van der Waals surface area contributed by atoms with Gasteiger partial charge in [-0.15, -0.1) is 0 Å². The maximum atomic E-state index is 13.3. The molecule has 2 aromatic carbocycles. The van der Waals surface area contributed by atoms with E-state index in [1.807, 2.05) is 50.2 Å². The number of carbonyl (C=O) groups is 1. The molecule has 0 fully saturated rings. The highest BCUT2D eigenvalue weighted by molar-refractivity contribution is 7.92. The van der Waals surface area contributed by atoms with Crippen molar-refractivity contribution in [3.8, 4) is 5.69 Å². The summed E-state index contributed by atoms with van der Waals surface area (Å²) in [6, 6.07) is 23.1. The van der Waals surface area contributed by atoms with Gasteiger partial charge in [-0.25, -0.2) is 13.8 Å². The number of anilines is 1. The third-order valence-corrected chi connectivity index (χ3v) is 7.22. The molecule has 0 aliphatic carbocycles. The molecule has 0 aliphatic rings. The lowest BCUT2D eigenvalue weighted by Crippen LogP contribution is -2.39. The van der Waals surface area contributed by atoms with Crippen molar-refractivity contribution in [1.82, 2.24) is 15.0 Å². The number of sulfonamides is 1. The summed E-state index contributed by atoms with van der Waals surface area (Å²) in [7, 11) is -3.99. The number of hydrogen-bond donors (Lipinski definition) is 1. The number of hydrogen-bond acceptors (Lipinski definition) is 5. The second-order valence-corrected chi connectivity index (χ2v) is 9.69. The third-order valence-electron chi connectivity index (χ3n) is 5.43. The van der Waals surface area contributed by atoms with Crippen molar-refractivity contribution in [2.45, 2.75) is 18.7 Å². The number of amides is 1. The van der Waals surface area contributed by atoms with E-state index in [1.54, 1.807) is 36.5 Å². The topological polar surface area (TPSA) is 96.7 Å². The number of hydrazone groups is 1. The molecule has 2 aromatic heterocycles. The molecule has 0 saturated carbocycles. The Morgan fingerprint density at radius 3 is 2.37 bits per heavy atom. The Morgan fingerprint density at radius 1 is 1.03 bits per heavy atom. The largest absolute Gasteiger partial charge is 0.318 e. The minimum atomic E-state index is -3.99. The van der Waals surface area contributed by atoms with Gasteiger partial charge in [0.2, 0.25) is 0 Å². The van der Waals surface area contributed by atoms with Crippen molar-refractivity contribution in [3.63, 3.8) is 0 Å². The predicted molar refractivity (Wildman–Crippen MR) is 136 cm³/mol. The summed E-state index contributed by atoms with van der Waals surface area (Å²) in [6.45, 7) is 3.51. The zero-order valence-electron chi connectivity index (χ0n) is 19.4. The number of nitrogens with one attached hydrogen (secondary N) is 1. The lowest BCUT2D eigenvalue weighted by Gasteiger charge is -2.23. The minimum Gasteiger partial charge on any atom is -0.318 e. The molecule has 8 nitrogen and oxygen atoms in total. The van der Waals surface area contributed by atoms with Crippen LogP contribution in [0.4, 0.5) is 5.69 Å². The second-order valence-electron chi connectivity index (χ2n) is 7.83. The number of aryl methyl sites for hydroxylation is 1. The Labute approximate surface area is 204 Å². The summed E-state index contributed by atoms with van der Waals surface area (Å²) in [6.07, 6.45) is 4.49. The molecular formula is C26H25N5O3S. The van der Waals surface area contributed by atoms with E-state index in [0.717, 1.165) is 26.9 Å². The number of aromatic nitrogens is 2. The summed E-state index contributed by atoms with van der Waals surface area (Å²) in [5.74, 6) is -0.582. The SMILES string of the molecule is Cc1cc(/C=N\NC(=O)CN(c2cccnc2)S(=O)(=O)c2ccccc2)c(C)n1-c1ccccc1. The van der Waals surface area contributed by atoms with Crippen LogP contribution in [-0.4, -0.2) is 36.6 Å². The van der Waals surface area contributed by atoms with E-state index in [1.165, 1.54) is 24.5 Å². The first-order valence-corrected chi connectivity index (χ1v) is 12.4. The van der Waals surface area contributed by atoms with E-state index in [2.05, 4.69) is 20.1 Å². The molecule has 0 radical (unpaired) electrons. The van der Waals surface area contributed by atoms with Crippen LogP contribution >= 0.6 is 0 Å². The van der Waals surface area contributed by atoms with Gasteiger partial charge in [-0.3, -0.25) is 14.1 Å². The number of benzene rings is 2. The zero-order chi connectivity index (χ0) is 24.8. The summed E-state index contributed by atoms with van der Waals surface area (Å²) in [4.78, 5) is 16.8. The van der Waals surface area contributed by atoms with Crippen molar-refractivity contribution < 1.29 is 13.2 Å². The number of carbonyl (C=O) groups excluding carboxylic acids is 1. The first-order valence-electron chi connectivity index (χ1n) is 10.9. The van der Waals surface area contributed by atoms with Crippen molar-refractivity contribution >= 4 is 27.8 Å². The van der Waals surface area contributed by atoms with Gasteiger partial charge >= 0.3 is 0 Å². The molecule has 9 heteroatoms. The molecule has 1 amide bonds. The van der Waals surface area contributed by atoms with E-state index in [9.17, 15) is 13.2 Å². The molecule has 0 saturated heterocycles. The Balaban J connectivity index is 1.52. The molecule has 0 aliphatic heterocycles. The van der Waals surface area contributed by atoms with Crippen molar-refractivity contribution in [2.24, 2.45) is 5.10 Å². The Morgan fingerprint density at radius 2 is 1.71 bits per heavy atom. The van der Waals surface area contributed by atoms with Gasteiger partial charge in [0.15, 0.2) is 0 Å². The van der Waals surface area contributed by atoms with E-state index in [-0.39, 0.29) is 10.6 Å². The Bertz CT molecular complexity index is 1430. The quantitative estimate of drug-likeness (QED) is 0.302. The molecule has 35 heavy (non-hydrogen) atoms. The number of para-hydroxylation sites is 1. The highest BCUT2D eigenvalue weighted by Gasteiger charge is 2.27. The number of pyridine rings is 1. The maximum Gasteiger partial charge on any atom is 0.264 e. The highest BCUT2D eigenvalue weighted by atomic mass is 32.2. The molecular weight excluding hydrogens is 462 g/mol. The average Bonchev–Trinajstić information content (AvgIpc) is 3.16. The minimum absolute atomic E-state index is 0.0773. The van der Waals surface area contributed by atoms with Gasteiger partial charge in [0.05, 0.1) is 23.0 Å². The zero-order valence-corrected chi connectivity index (χ0v) is 20.2. The van der Waals surface area contributed by atoms with E-state index in [0.29, 0.717) is 0 Å². The fourth-order valence-corrected chi connectivity index (χ4v) is 5.20. The fraction of sp³-hybridized carbons (Fsp3) is 0.115. The molecule has 178 valence electrons. The summed E-state index contributed by atoms with van der Waals surface area (Å²) < 4.78 is 29.6. The first-order chi connectivity index (χ1) is 16.9. The van der Waals surface area contributed by atoms with Crippen LogP contribution in [-0.2, 0) is 14.8 Å². The smallest absolute Gasteiger partial charge is 0.264 e. The van der Waals surface area contributed by atoms with Crippen molar-refractivity contribution in [2.75, 3.05) is 10.8 Å². The van der Waals surface area contributed by atoms with Gasteiger partial charge in [-0.1, -0.05) is 36.4 Å². The number of rotatable bonds is 8. The molecule has 0 unspecified atom stereocenters. The lowest BCUT2D eigenvalue weighted by molar-refractivity contribution is -0.119. The van der Waals surface area contributed by atoms with Crippen LogP contribution in [0.15, 0.2) is 101 Å². The second kappa shape index (κ2) is 10.4. The molecule has 0 atom stereocenters. The molecule has 0 spiro atoms. The summed E-state index contributed by atoms with van der Waals surface area (Å²) >= 11 is 0. The van der Waals surface area contributed by atoms with Crippen LogP contribution in [0.25, 0.3) is 5.69 Å². The van der Waals surface area contributed by atoms with Crippen LogP contribution in [0.3, 0.4) is 0 Å². The maximum absolute atomic E-state index is 13.3. The molecule has 1 N–H and O–H groups in total. The Hall–Kier alpha value is -4.24. The van der Waals surface area contributed by atoms with Crippen LogP contribution in [0.1, 0.15) is 17.0 Å². The van der Waals surface area contributed by atoms with E-state index in [4.69, 9.17) is 0 Å². The summed E-state index contributed by atoms with van der Waals surface area (Å²) in [5, 5.41) is 4.08. The van der Waals surface area contributed by atoms with E-state index < -0.39 is 22.5 Å². The van der Waals surface area contributed by atoms with Gasteiger partial charge in [-0.2, -0.15) is 5.10 Å². The van der Waals surface area contributed by atoms with Gasteiger partial charge in [0.1, 0.15) is 6.54 Å². The van der Waals surface area contributed by atoms with Crippen LogP contribution < -0.4 is 9.73 Å². The average molecular weight is 488 g/mol. The van der Waals surface area contributed by atoms with Crippen molar-refractivity contribution in [1.29, 1.82) is 0 Å².